The summed E-state index contributed by atoms with van der Waals surface area (Å²) < 4.78 is 1.02. The summed E-state index contributed by atoms with van der Waals surface area (Å²) in [5, 5.41) is 8.69. The van der Waals surface area contributed by atoms with Gasteiger partial charge in [-0.25, -0.2) is 0 Å². The highest BCUT2D eigenvalue weighted by Crippen LogP contribution is 2.29. The van der Waals surface area contributed by atoms with Gasteiger partial charge in [0.25, 0.3) is 0 Å². The van der Waals surface area contributed by atoms with Crippen LogP contribution in [0, 0.1) is 17.2 Å². The molecule has 1 aromatic carbocycles. The van der Waals surface area contributed by atoms with Crippen molar-refractivity contribution < 1.29 is 0 Å². The fourth-order valence-corrected chi connectivity index (χ4v) is 2.54. The summed E-state index contributed by atoms with van der Waals surface area (Å²) in [6, 6.07) is 7.83. The van der Waals surface area contributed by atoms with Crippen LogP contribution >= 0.6 is 27.7 Å². The van der Waals surface area contributed by atoms with Crippen LogP contribution in [-0.2, 0) is 0 Å². The maximum atomic E-state index is 8.69. The molecule has 0 N–H and O–H groups in total. The van der Waals surface area contributed by atoms with E-state index in [4.69, 9.17) is 5.26 Å². The van der Waals surface area contributed by atoms with E-state index >= 15 is 0 Å². The number of nitrogens with zero attached hydrogens (tertiary/aromatic N) is 1. The van der Waals surface area contributed by atoms with Crippen molar-refractivity contribution in [2.45, 2.75) is 18.7 Å². The van der Waals surface area contributed by atoms with Crippen molar-refractivity contribution in [1.82, 2.24) is 0 Å². The average Bonchev–Trinajstić information content (AvgIpc) is 2.15. The Labute approximate surface area is 97.6 Å². The number of hydrogen-bond donors (Lipinski definition) is 0. The molecule has 1 rings (SSSR count). The van der Waals surface area contributed by atoms with Crippen LogP contribution in [0.3, 0.4) is 0 Å². The van der Waals surface area contributed by atoms with Crippen molar-refractivity contribution in [2.75, 3.05) is 5.75 Å². The second kappa shape index (κ2) is 5.43. The molecule has 1 aromatic rings. The first-order valence-corrected chi connectivity index (χ1v) is 6.23. The summed E-state index contributed by atoms with van der Waals surface area (Å²) in [7, 11) is 0. The van der Waals surface area contributed by atoms with Gasteiger partial charge >= 0.3 is 0 Å². The summed E-state index contributed by atoms with van der Waals surface area (Å²) in [6.07, 6.45) is 0. The Morgan fingerprint density at radius 2 is 2.21 bits per heavy atom. The van der Waals surface area contributed by atoms with Crippen molar-refractivity contribution in [3.63, 3.8) is 0 Å². The zero-order chi connectivity index (χ0) is 10.6. The minimum absolute atomic E-state index is 0.683. The van der Waals surface area contributed by atoms with Gasteiger partial charge in [-0.3, -0.25) is 0 Å². The lowest BCUT2D eigenvalue weighted by atomic mass is 10.2. The molecule has 0 aliphatic heterocycles. The van der Waals surface area contributed by atoms with Crippen LogP contribution < -0.4 is 0 Å². The molecule has 0 radical (unpaired) electrons. The van der Waals surface area contributed by atoms with Gasteiger partial charge in [0.1, 0.15) is 0 Å². The lowest BCUT2D eigenvalue weighted by Gasteiger charge is -2.06. The highest BCUT2D eigenvalue weighted by Gasteiger charge is 2.03. The van der Waals surface area contributed by atoms with Crippen LogP contribution in [0.2, 0.25) is 0 Å². The van der Waals surface area contributed by atoms with Crippen molar-refractivity contribution in [2.24, 2.45) is 5.92 Å². The van der Waals surface area contributed by atoms with E-state index < -0.39 is 0 Å². The fourth-order valence-electron chi connectivity index (χ4n) is 0.944. The minimum Gasteiger partial charge on any atom is -0.192 e. The zero-order valence-electron chi connectivity index (χ0n) is 8.25. The van der Waals surface area contributed by atoms with Crippen LogP contribution in [0.4, 0.5) is 0 Å². The fraction of sp³-hybridized carbons (Fsp3) is 0.364. The summed E-state index contributed by atoms with van der Waals surface area (Å²) in [5.41, 5.74) is 0.700. The van der Waals surface area contributed by atoms with Crippen molar-refractivity contribution in [3.05, 3.63) is 28.2 Å². The minimum atomic E-state index is 0.683. The van der Waals surface area contributed by atoms with Gasteiger partial charge in [-0.05, 0) is 40.0 Å². The summed E-state index contributed by atoms with van der Waals surface area (Å²) in [5.74, 6) is 1.78. The number of hydrogen-bond acceptors (Lipinski definition) is 2. The van der Waals surface area contributed by atoms with E-state index in [0.717, 1.165) is 10.2 Å². The molecule has 14 heavy (non-hydrogen) atoms. The first-order valence-electron chi connectivity index (χ1n) is 4.46. The molecule has 0 aromatic heterocycles. The van der Waals surface area contributed by atoms with Gasteiger partial charge in [-0.2, -0.15) is 5.26 Å². The highest BCUT2D eigenvalue weighted by atomic mass is 79.9. The van der Waals surface area contributed by atoms with Gasteiger partial charge in [0, 0.05) is 15.1 Å². The first-order chi connectivity index (χ1) is 6.63. The molecule has 0 unspecified atom stereocenters. The van der Waals surface area contributed by atoms with Gasteiger partial charge in [0.2, 0.25) is 0 Å². The summed E-state index contributed by atoms with van der Waals surface area (Å²) in [6.45, 7) is 4.40. The Bertz CT molecular complexity index is 355. The van der Waals surface area contributed by atoms with Gasteiger partial charge in [0.15, 0.2) is 0 Å². The number of rotatable bonds is 3. The predicted molar refractivity (Wildman–Crippen MR) is 64.4 cm³/mol. The predicted octanol–water partition coefficient (Wildman–Crippen LogP) is 4.07. The maximum absolute atomic E-state index is 8.69. The Morgan fingerprint density at radius 3 is 2.71 bits per heavy atom. The second-order valence-electron chi connectivity index (χ2n) is 3.46. The van der Waals surface area contributed by atoms with E-state index in [1.54, 1.807) is 0 Å². The van der Waals surface area contributed by atoms with Crippen LogP contribution in [0.15, 0.2) is 27.6 Å². The molecule has 74 valence electrons. The van der Waals surface area contributed by atoms with Crippen LogP contribution in [-0.4, -0.2) is 5.75 Å². The number of benzene rings is 1. The largest absolute Gasteiger partial charge is 0.192 e. The normalized spacial score (nSPS) is 10.2. The molecule has 0 atom stereocenters. The van der Waals surface area contributed by atoms with Crippen molar-refractivity contribution in [3.8, 4) is 6.07 Å². The quantitative estimate of drug-likeness (QED) is 0.773. The average molecular weight is 270 g/mol. The maximum Gasteiger partial charge on any atom is 0.0992 e. The Balaban J connectivity index is 2.75. The SMILES string of the molecule is CC(C)CSc1ccc(C#N)cc1Br. The first kappa shape index (κ1) is 11.6. The molecular formula is C11H12BrNS. The monoisotopic (exact) mass is 269 g/mol. The molecule has 0 bridgehead atoms. The van der Waals surface area contributed by atoms with Gasteiger partial charge in [-0.15, -0.1) is 11.8 Å². The molecular weight excluding hydrogens is 258 g/mol. The Hall–Kier alpha value is -0.460. The lowest BCUT2D eigenvalue weighted by Crippen LogP contribution is -1.90. The molecule has 0 amide bonds. The molecule has 0 heterocycles. The molecule has 0 aliphatic carbocycles. The van der Waals surface area contributed by atoms with Crippen molar-refractivity contribution in [1.29, 1.82) is 5.26 Å². The molecule has 1 nitrogen and oxygen atoms in total. The zero-order valence-corrected chi connectivity index (χ0v) is 10.7. The summed E-state index contributed by atoms with van der Waals surface area (Å²) in [4.78, 5) is 1.21. The van der Waals surface area contributed by atoms with E-state index in [9.17, 15) is 0 Å². The van der Waals surface area contributed by atoms with E-state index in [2.05, 4.69) is 35.8 Å². The van der Waals surface area contributed by atoms with Gasteiger partial charge in [-0.1, -0.05) is 13.8 Å². The number of halogens is 1. The molecule has 0 aliphatic rings. The lowest BCUT2D eigenvalue weighted by molar-refractivity contribution is 0.750. The summed E-state index contributed by atoms with van der Waals surface area (Å²) >= 11 is 5.28. The Morgan fingerprint density at radius 1 is 1.50 bits per heavy atom. The van der Waals surface area contributed by atoms with E-state index in [1.807, 2.05) is 30.0 Å². The molecule has 3 heteroatoms. The van der Waals surface area contributed by atoms with E-state index in [-0.39, 0.29) is 0 Å². The molecule has 0 saturated heterocycles. The van der Waals surface area contributed by atoms with E-state index in [0.29, 0.717) is 11.5 Å². The third-order valence-corrected chi connectivity index (χ3v) is 4.05. The molecule has 0 spiro atoms. The van der Waals surface area contributed by atoms with Crippen molar-refractivity contribution >= 4 is 27.7 Å². The number of nitriles is 1. The van der Waals surface area contributed by atoms with E-state index in [1.165, 1.54) is 4.90 Å². The van der Waals surface area contributed by atoms with Gasteiger partial charge < -0.3 is 0 Å². The van der Waals surface area contributed by atoms with Gasteiger partial charge in [0.05, 0.1) is 11.6 Å². The topological polar surface area (TPSA) is 23.8 Å². The standard InChI is InChI=1S/C11H12BrNS/c1-8(2)7-14-11-4-3-9(6-13)5-10(11)12/h3-5,8H,7H2,1-2H3. The van der Waals surface area contributed by atoms with Crippen LogP contribution in [0.25, 0.3) is 0 Å². The van der Waals surface area contributed by atoms with Crippen LogP contribution in [0.5, 0.6) is 0 Å². The third-order valence-electron chi connectivity index (χ3n) is 1.63. The third kappa shape index (κ3) is 3.36. The highest BCUT2D eigenvalue weighted by molar-refractivity contribution is 9.10. The van der Waals surface area contributed by atoms with Crippen LogP contribution in [0.1, 0.15) is 19.4 Å². The number of thioether (sulfide) groups is 1. The second-order valence-corrected chi connectivity index (χ2v) is 5.38. The molecule has 0 fully saturated rings. The molecule has 0 saturated carbocycles. The Kier molecular flexibility index (Phi) is 4.50. The smallest absolute Gasteiger partial charge is 0.0992 e.